The summed E-state index contributed by atoms with van der Waals surface area (Å²) < 4.78 is 12.9. The van der Waals surface area contributed by atoms with Crippen LogP contribution >= 0.6 is 11.3 Å². The van der Waals surface area contributed by atoms with Crippen molar-refractivity contribution in [3.63, 3.8) is 0 Å². The number of carbonyl (C=O) groups excluding carboxylic acids is 1. The Hall–Kier alpha value is -1.95. The lowest BCUT2D eigenvalue weighted by molar-refractivity contribution is -0.116. The van der Waals surface area contributed by atoms with Crippen LogP contribution in [-0.4, -0.2) is 10.9 Å². The van der Waals surface area contributed by atoms with Crippen LogP contribution in [0.2, 0.25) is 0 Å². The van der Waals surface area contributed by atoms with Crippen LogP contribution in [0.15, 0.2) is 24.3 Å². The van der Waals surface area contributed by atoms with Crippen LogP contribution in [0.3, 0.4) is 0 Å². The third-order valence-electron chi connectivity index (χ3n) is 2.61. The monoisotopic (exact) mass is 293 g/mol. The second-order valence-electron chi connectivity index (χ2n) is 4.88. The van der Waals surface area contributed by atoms with E-state index in [0.717, 1.165) is 5.56 Å². The SMILES string of the molecule is CC(C)CC(=O)Nc1nc(-c2ccc(F)cc2)c(N)s1. The minimum absolute atomic E-state index is 0.0839. The van der Waals surface area contributed by atoms with Crippen LogP contribution in [0.4, 0.5) is 14.5 Å². The van der Waals surface area contributed by atoms with Crippen molar-refractivity contribution in [2.75, 3.05) is 11.1 Å². The van der Waals surface area contributed by atoms with Crippen LogP contribution in [0.1, 0.15) is 20.3 Å². The van der Waals surface area contributed by atoms with Crippen LogP contribution in [-0.2, 0) is 4.79 Å². The standard InChI is InChI=1S/C14H16FN3OS/c1-8(2)7-11(19)17-14-18-12(13(16)20-14)9-3-5-10(15)6-4-9/h3-6,8H,7,16H2,1-2H3,(H,17,18,19). The van der Waals surface area contributed by atoms with E-state index in [2.05, 4.69) is 10.3 Å². The maximum Gasteiger partial charge on any atom is 0.226 e. The third-order valence-corrected chi connectivity index (χ3v) is 3.41. The van der Waals surface area contributed by atoms with Gasteiger partial charge in [0.25, 0.3) is 0 Å². The smallest absolute Gasteiger partial charge is 0.226 e. The number of aromatic nitrogens is 1. The minimum atomic E-state index is -0.312. The first kappa shape index (κ1) is 14.5. The number of amides is 1. The van der Waals surface area contributed by atoms with Gasteiger partial charge in [-0.1, -0.05) is 25.2 Å². The van der Waals surface area contributed by atoms with E-state index >= 15 is 0 Å². The molecule has 0 aliphatic rings. The molecule has 0 bridgehead atoms. The van der Waals surface area contributed by atoms with Gasteiger partial charge in [0, 0.05) is 12.0 Å². The number of thiazole rings is 1. The third kappa shape index (κ3) is 3.54. The van der Waals surface area contributed by atoms with Gasteiger partial charge in [-0.05, 0) is 30.2 Å². The van der Waals surface area contributed by atoms with E-state index in [4.69, 9.17) is 5.73 Å². The normalized spacial score (nSPS) is 10.8. The van der Waals surface area contributed by atoms with Gasteiger partial charge in [0.1, 0.15) is 16.5 Å². The number of rotatable bonds is 4. The Balaban J connectivity index is 2.17. The van der Waals surface area contributed by atoms with Gasteiger partial charge in [-0.25, -0.2) is 9.37 Å². The highest BCUT2D eigenvalue weighted by molar-refractivity contribution is 7.20. The summed E-state index contributed by atoms with van der Waals surface area (Å²) in [4.78, 5) is 16.0. The number of halogens is 1. The number of hydrogen-bond acceptors (Lipinski definition) is 4. The van der Waals surface area contributed by atoms with Crippen molar-refractivity contribution in [1.82, 2.24) is 4.98 Å². The predicted octanol–water partition coefficient (Wildman–Crippen LogP) is 3.52. The van der Waals surface area contributed by atoms with Crippen LogP contribution < -0.4 is 11.1 Å². The molecule has 0 fully saturated rings. The highest BCUT2D eigenvalue weighted by Gasteiger charge is 2.13. The maximum absolute atomic E-state index is 12.9. The van der Waals surface area contributed by atoms with E-state index in [1.807, 2.05) is 13.8 Å². The largest absolute Gasteiger partial charge is 0.389 e. The van der Waals surface area contributed by atoms with Gasteiger partial charge in [-0.2, -0.15) is 0 Å². The van der Waals surface area contributed by atoms with Crippen molar-refractivity contribution in [3.05, 3.63) is 30.1 Å². The van der Waals surface area contributed by atoms with Crippen molar-refractivity contribution < 1.29 is 9.18 Å². The molecule has 0 saturated heterocycles. The average molecular weight is 293 g/mol. The molecule has 0 radical (unpaired) electrons. The Morgan fingerprint density at radius 1 is 1.40 bits per heavy atom. The van der Waals surface area contributed by atoms with Gasteiger partial charge < -0.3 is 11.1 Å². The summed E-state index contributed by atoms with van der Waals surface area (Å²) in [5.74, 6) is -0.115. The van der Waals surface area contributed by atoms with Gasteiger partial charge in [-0.15, -0.1) is 0 Å². The lowest BCUT2D eigenvalue weighted by Crippen LogP contribution is -2.13. The highest BCUT2D eigenvalue weighted by atomic mass is 32.1. The zero-order chi connectivity index (χ0) is 14.7. The second kappa shape index (κ2) is 6.00. The molecule has 0 aliphatic heterocycles. The van der Waals surface area contributed by atoms with E-state index < -0.39 is 0 Å². The Bertz CT molecular complexity index is 607. The van der Waals surface area contributed by atoms with E-state index in [1.54, 1.807) is 12.1 Å². The summed E-state index contributed by atoms with van der Waals surface area (Å²) in [5.41, 5.74) is 7.19. The Kier molecular flexibility index (Phi) is 4.34. The molecule has 6 heteroatoms. The summed E-state index contributed by atoms with van der Waals surface area (Å²) in [6, 6.07) is 5.93. The Morgan fingerprint density at radius 2 is 2.05 bits per heavy atom. The lowest BCUT2D eigenvalue weighted by atomic mass is 10.1. The summed E-state index contributed by atoms with van der Waals surface area (Å²) in [6.45, 7) is 3.94. The highest BCUT2D eigenvalue weighted by Crippen LogP contribution is 2.33. The Morgan fingerprint density at radius 3 is 2.65 bits per heavy atom. The number of hydrogen-bond donors (Lipinski definition) is 2. The number of nitrogens with one attached hydrogen (secondary N) is 1. The molecular weight excluding hydrogens is 277 g/mol. The first-order valence-electron chi connectivity index (χ1n) is 6.28. The van der Waals surface area contributed by atoms with Crippen LogP contribution in [0, 0.1) is 11.7 Å². The summed E-state index contributed by atoms with van der Waals surface area (Å²) in [6.07, 6.45) is 0.436. The van der Waals surface area contributed by atoms with Crippen LogP contribution in [0.25, 0.3) is 11.3 Å². The summed E-state index contributed by atoms with van der Waals surface area (Å²) in [5, 5.41) is 3.69. The second-order valence-corrected chi connectivity index (χ2v) is 5.92. The van der Waals surface area contributed by atoms with Gasteiger partial charge in [0.2, 0.25) is 5.91 Å². The van der Waals surface area contributed by atoms with Crippen LogP contribution in [0.5, 0.6) is 0 Å². The number of nitrogens with zero attached hydrogens (tertiary/aromatic N) is 1. The topological polar surface area (TPSA) is 68.0 Å². The fourth-order valence-corrected chi connectivity index (χ4v) is 2.51. The fourth-order valence-electron chi connectivity index (χ4n) is 1.74. The first-order chi connectivity index (χ1) is 9.45. The average Bonchev–Trinajstić information content (AvgIpc) is 2.70. The molecular formula is C14H16FN3OS. The van der Waals surface area contributed by atoms with Crippen molar-refractivity contribution in [3.8, 4) is 11.3 Å². The first-order valence-corrected chi connectivity index (χ1v) is 7.09. The van der Waals surface area contributed by atoms with E-state index in [9.17, 15) is 9.18 Å². The number of nitrogen functional groups attached to an aromatic ring is 1. The van der Waals surface area contributed by atoms with E-state index in [0.29, 0.717) is 22.2 Å². The molecule has 20 heavy (non-hydrogen) atoms. The molecule has 1 aromatic heterocycles. The number of nitrogens with two attached hydrogens (primary N) is 1. The van der Waals surface area contributed by atoms with Gasteiger partial charge in [0.05, 0.1) is 0 Å². The minimum Gasteiger partial charge on any atom is -0.389 e. The fraction of sp³-hybridized carbons (Fsp3) is 0.286. The predicted molar refractivity (Wildman–Crippen MR) is 80.0 cm³/mol. The molecule has 0 atom stereocenters. The number of benzene rings is 1. The van der Waals surface area contributed by atoms with Crippen molar-refractivity contribution >= 4 is 27.4 Å². The van der Waals surface area contributed by atoms with Crippen molar-refractivity contribution in [2.45, 2.75) is 20.3 Å². The molecule has 1 aromatic carbocycles. The molecule has 1 amide bonds. The van der Waals surface area contributed by atoms with E-state index in [-0.39, 0.29) is 17.6 Å². The quantitative estimate of drug-likeness (QED) is 0.906. The van der Waals surface area contributed by atoms with Gasteiger partial charge in [-0.3, -0.25) is 4.79 Å². The van der Waals surface area contributed by atoms with Gasteiger partial charge in [0.15, 0.2) is 5.13 Å². The van der Waals surface area contributed by atoms with Crippen molar-refractivity contribution in [1.29, 1.82) is 0 Å². The van der Waals surface area contributed by atoms with E-state index in [1.165, 1.54) is 23.5 Å². The molecule has 2 aromatic rings. The molecule has 4 nitrogen and oxygen atoms in total. The molecule has 0 aliphatic carbocycles. The number of carbonyl (C=O) groups is 1. The lowest BCUT2D eigenvalue weighted by Gasteiger charge is -2.03. The summed E-state index contributed by atoms with van der Waals surface area (Å²) in [7, 11) is 0. The summed E-state index contributed by atoms with van der Waals surface area (Å²) >= 11 is 1.21. The Labute approximate surface area is 120 Å². The maximum atomic E-state index is 12.9. The zero-order valence-corrected chi connectivity index (χ0v) is 12.1. The molecule has 0 saturated carbocycles. The molecule has 0 unspecified atom stereocenters. The van der Waals surface area contributed by atoms with Gasteiger partial charge >= 0.3 is 0 Å². The molecule has 1 heterocycles. The molecule has 3 N–H and O–H groups in total. The van der Waals surface area contributed by atoms with Crippen molar-refractivity contribution in [2.24, 2.45) is 5.92 Å². The number of anilines is 2. The molecule has 2 rings (SSSR count). The zero-order valence-electron chi connectivity index (χ0n) is 11.3. The molecule has 106 valence electrons. The molecule has 0 spiro atoms.